The van der Waals surface area contributed by atoms with Gasteiger partial charge >= 0.3 is 5.97 Å². The second kappa shape index (κ2) is 11.4. The molecule has 1 saturated carbocycles. The summed E-state index contributed by atoms with van der Waals surface area (Å²) in [5.41, 5.74) is 0. The van der Waals surface area contributed by atoms with Crippen LogP contribution in [0.25, 0.3) is 0 Å². The molecule has 0 radical (unpaired) electrons. The Morgan fingerprint density at radius 1 is 1.20 bits per heavy atom. The van der Waals surface area contributed by atoms with Crippen molar-refractivity contribution in [3.05, 3.63) is 0 Å². The summed E-state index contributed by atoms with van der Waals surface area (Å²) in [6, 6.07) is 0. The lowest BCUT2D eigenvalue weighted by molar-refractivity contribution is -0.151. The summed E-state index contributed by atoms with van der Waals surface area (Å²) in [5, 5.41) is 0. The van der Waals surface area contributed by atoms with Crippen LogP contribution in [-0.2, 0) is 9.53 Å². The van der Waals surface area contributed by atoms with Crippen LogP contribution < -0.4 is 0 Å². The van der Waals surface area contributed by atoms with Crippen LogP contribution in [0, 0.1) is 11.8 Å². The Morgan fingerprint density at radius 3 is 2.30 bits per heavy atom. The molecule has 0 amide bonds. The predicted octanol–water partition coefficient (Wildman–Crippen LogP) is 3.90. The Labute approximate surface area is 130 Å². The Hall–Kier alpha value is -0.280. The van der Waals surface area contributed by atoms with E-state index in [1.54, 1.807) is 0 Å². The maximum Gasteiger partial charge on any atom is 0.309 e. The third-order valence-corrected chi connectivity index (χ3v) is 4.42. The van der Waals surface area contributed by atoms with E-state index in [1.165, 1.54) is 25.7 Å². The van der Waals surface area contributed by atoms with Crippen LogP contribution >= 0.6 is 12.4 Å². The zero-order chi connectivity index (χ0) is 14.1. The molecule has 1 aliphatic carbocycles. The number of esters is 1. The Kier molecular flexibility index (Phi) is 11.2. The molecule has 0 bridgehead atoms. The highest BCUT2D eigenvalue weighted by Gasteiger charge is 2.30. The van der Waals surface area contributed by atoms with E-state index < -0.39 is 0 Å². The molecule has 1 fully saturated rings. The number of rotatable bonds is 9. The molecular formula is C16H32ClNO2. The van der Waals surface area contributed by atoms with Gasteiger partial charge in [-0.15, -0.1) is 12.4 Å². The highest BCUT2D eigenvalue weighted by Crippen LogP contribution is 2.34. The maximum absolute atomic E-state index is 12.2. The summed E-state index contributed by atoms with van der Waals surface area (Å²) in [7, 11) is 0. The number of carbonyl (C=O) groups is 1. The highest BCUT2D eigenvalue weighted by atomic mass is 35.5. The standard InChI is InChI=1S/C16H31NO2.ClH/c1-4-9-15(14-10-7-8-11-14)16(18)19-13-12-17(5-2)6-3;/h14-15H,4-13H2,1-3H3;1H. The van der Waals surface area contributed by atoms with Crippen LogP contribution in [0.4, 0.5) is 0 Å². The number of hydrogen-bond donors (Lipinski definition) is 0. The lowest BCUT2D eigenvalue weighted by Crippen LogP contribution is -2.30. The van der Waals surface area contributed by atoms with Gasteiger partial charge in [-0.05, 0) is 38.3 Å². The van der Waals surface area contributed by atoms with E-state index in [0.717, 1.165) is 32.5 Å². The smallest absolute Gasteiger partial charge is 0.309 e. The van der Waals surface area contributed by atoms with Gasteiger partial charge in [0.2, 0.25) is 0 Å². The average Bonchev–Trinajstić information content (AvgIpc) is 2.94. The van der Waals surface area contributed by atoms with Crippen molar-refractivity contribution in [3.8, 4) is 0 Å². The number of likely N-dealkylation sites (N-methyl/N-ethyl adjacent to an activating group) is 1. The number of hydrogen-bond acceptors (Lipinski definition) is 3. The first-order valence-corrected chi connectivity index (χ1v) is 8.11. The monoisotopic (exact) mass is 305 g/mol. The largest absolute Gasteiger partial charge is 0.464 e. The van der Waals surface area contributed by atoms with E-state index in [-0.39, 0.29) is 24.3 Å². The van der Waals surface area contributed by atoms with Crippen molar-refractivity contribution in [1.29, 1.82) is 0 Å². The average molecular weight is 306 g/mol. The molecule has 1 aliphatic rings. The lowest BCUT2D eigenvalue weighted by atomic mass is 9.87. The molecule has 20 heavy (non-hydrogen) atoms. The molecule has 4 heteroatoms. The van der Waals surface area contributed by atoms with E-state index in [1.807, 2.05) is 0 Å². The van der Waals surface area contributed by atoms with Gasteiger partial charge in [0.1, 0.15) is 6.61 Å². The number of nitrogens with zero attached hydrogens (tertiary/aromatic N) is 1. The van der Waals surface area contributed by atoms with Crippen LogP contribution in [0.3, 0.4) is 0 Å². The summed E-state index contributed by atoms with van der Waals surface area (Å²) in [5.74, 6) is 0.797. The summed E-state index contributed by atoms with van der Waals surface area (Å²) < 4.78 is 5.52. The van der Waals surface area contributed by atoms with E-state index in [4.69, 9.17) is 4.74 Å². The van der Waals surface area contributed by atoms with Crippen molar-refractivity contribution in [3.63, 3.8) is 0 Å². The maximum atomic E-state index is 12.2. The van der Waals surface area contributed by atoms with Gasteiger partial charge in [-0.3, -0.25) is 4.79 Å². The third-order valence-electron chi connectivity index (χ3n) is 4.42. The van der Waals surface area contributed by atoms with Crippen molar-refractivity contribution in [2.24, 2.45) is 11.8 Å². The predicted molar refractivity (Wildman–Crippen MR) is 86.4 cm³/mol. The second-order valence-corrected chi connectivity index (χ2v) is 5.63. The third kappa shape index (κ3) is 6.45. The molecule has 0 saturated heterocycles. The van der Waals surface area contributed by atoms with Crippen molar-refractivity contribution in [2.45, 2.75) is 59.3 Å². The fraction of sp³-hybridized carbons (Fsp3) is 0.938. The molecule has 0 aromatic carbocycles. The molecule has 3 nitrogen and oxygen atoms in total. The van der Waals surface area contributed by atoms with Crippen LogP contribution in [0.2, 0.25) is 0 Å². The fourth-order valence-electron chi connectivity index (χ4n) is 3.14. The molecule has 0 aromatic rings. The quantitative estimate of drug-likeness (QED) is 0.605. The molecule has 0 spiro atoms. The van der Waals surface area contributed by atoms with Gasteiger partial charge in [-0.1, -0.05) is 40.0 Å². The van der Waals surface area contributed by atoms with Gasteiger partial charge in [-0.2, -0.15) is 0 Å². The minimum atomic E-state index is 0. The lowest BCUT2D eigenvalue weighted by Gasteiger charge is -2.23. The molecule has 1 unspecified atom stereocenters. The van der Waals surface area contributed by atoms with Gasteiger partial charge in [0, 0.05) is 6.54 Å². The summed E-state index contributed by atoms with van der Waals surface area (Å²) in [6.45, 7) is 9.90. The SMILES string of the molecule is CCCC(C(=O)OCCN(CC)CC)C1CCCC1.Cl. The molecule has 0 aliphatic heterocycles. The van der Waals surface area contributed by atoms with Crippen molar-refractivity contribution in [2.75, 3.05) is 26.2 Å². The van der Waals surface area contributed by atoms with Gasteiger partial charge in [0.15, 0.2) is 0 Å². The van der Waals surface area contributed by atoms with Crippen LogP contribution in [0.5, 0.6) is 0 Å². The van der Waals surface area contributed by atoms with Gasteiger partial charge in [0.05, 0.1) is 5.92 Å². The normalized spacial score (nSPS) is 17.0. The molecule has 120 valence electrons. The summed E-state index contributed by atoms with van der Waals surface area (Å²) >= 11 is 0. The topological polar surface area (TPSA) is 29.5 Å². The number of halogens is 1. The molecular weight excluding hydrogens is 274 g/mol. The Morgan fingerprint density at radius 2 is 1.80 bits per heavy atom. The molecule has 0 heterocycles. The first-order chi connectivity index (χ1) is 9.22. The van der Waals surface area contributed by atoms with Crippen LogP contribution in [0.15, 0.2) is 0 Å². The van der Waals surface area contributed by atoms with Gasteiger partial charge in [-0.25, -0.2) is 0 Å². The first-order valence-electron chi connectivity index (χ1n) is 8.11. The van der Waals surface area contributed by atoms with Crippen molar-refractivity contribution in [1.82, 2.24) is 4.90 Å². The van der Waals surface area contributed by atoms with E-state index in [0.29, 0.717) is 12.5 Å². The summed E-state index contributed by atoms with van der Waals surface area (Å²) in [6.07, 6.45) is 7.09. The number of ether oxygens (including phenoxy) is 1. The first kappa shape index (κ1) is 19.7. The van der Waals surface area contributed by atoms with Crippen molar-refractivity contribution < 1.29 is 9.53 Å². The molecule has 0 N–H and O–H groups in total. The van der Waals surface area contributed by atoms with E-state index in [9.17, 15) is 4.79 Å². The second-order valence-electron chi connectivity index (χ2n) is 5.63. The summed E-state index contributed by atoms with van der Waals surface area (Å²) in [4.78, 5) is 14.5. The number of carbonyl (C=O) groups excluding carboxylic acids is 1. The minimum absolute atomic E-state index is 0. The zero-order valence-electron chi connectivity index (χ0n) is 13.4. The van der Waals surface area contributed by atoms with E-state index in [2.05, 4.69) is 25.7 Å². The van der Waals surface area contributed by atoms with Crippen LogP contribution in [0.1, 0.15) is 59.3 Å². The molecule has 1 atom stereocenters. The zero-order valence-corrected chi connectivity index (χ0v) is 14.2. The Bertz CT molecular complexity index is 251. The van der Waals surface area contributed by atoms with Gasteiger partial charge < -0.3 is 9.64 Å². The Balaban J connectivity index is 0.00000361. The molecule has 1 rings (SSSR count). The van der Waals surface area contributed by atoms with Gasteiger partial charge in [0.25, 0.3) is 0 Å². The van der Waals surface area contributed by atoms with Crippen molar-refractivity contribution >= 4 is 18.4 Å². The van der Waals surface area contributed by atoms with Crippen LogP contribution in [-0.4, -0.2) is 37.1 Å². The minimum Gasteiger partial charge on any atom is -0.464 e. The highest BCUT2D eigenvalue weighted by molar-refractivity contribution is 5.85. The van der Waals surface area contributed by atoms with E-state index >= 15 is 0 Å². The fourth-order valence-corrected chi connectivity index (χ4v) is 3.14. The molecule has 0 aromatic heterocycles.